The molecule has 2 N–H and O–H groups in total. The van der Waals surface area contributed by atoms with Crippen molar-refractivity contribution in [3.63, 3.8) is 0 Å². The number of guanidine groups is 1. The van der Waals surface area contributed by atoms with Crippen LogP contribution in [0.2, 0.25) is 0 Å². The second-order valence-corrected chi connectivity index (χ2v) is 9.57. The van der Waals surface area contributed by atoms with Crippen LogP contribution in [0.4, 0.5) is 4.39 Å². The maximum atomic E-state index is 13.4. The second-order valence-electron chi connectivity index (χ2n) is 7.34. The highest BCUT2D eigenvalue weighted by Gasteiger charge is 2.35. The van der Waals surface area contributed by atoms with Crippen LogP contribution in [0.25, 0.3) is 0 Å². The zero-order valence-electron chi connectivity index (χ0n) is 16.1. The molecule has 2 fully saturated rings. The Morgan fingerprint density at radius 3 is 2.54 bits per heavy atom. The minimum Gasteiger partial charge on any atom is -0.381 e. The number of nitrogens with one attached hydrogen (secondary N) is 2. The molecule has 1 aromatic carbocycles. The third kappa shape index (κ3) is 6.03. The lowest BCUT2D eigenvalue weighted by Crippen LogP contribution is -2.45. The normalized spacial score (nSPS) is 23.6. The first kappa shape index (κ1) is 23.3. The molecule has 0 spiro atoms. The molecule has 0 saturated carbocycles. The van der Waals surface area contributed by atoms with Gasteiger partial charge in [0.1, 0.15) is 5.82 Å². The number of nitrogens with zero attached hydrogens (tertiary/aromatic N) is 1. The van der Waals surface area contributed by atoms with Gasteiger partial charge in [-0.25, -0.2) is 12.8 Å². The minimum atomic E-state index is -2.95. The van der Waals surface area contributed by atoms with E-state index in [4.69, 9.17) is 9.73 Å². The van der Waals surface area contributed by atoms with Gasteiger partial charge < -0.3 is 15.4 Å². The molecule has 2 aliphatic heterocycles. The first-order valence-corrected chi connectivity index (χ1v) is 11.3. The number of ether oxygens (including phenoxy) is 1. The van der Waals surface area contributed by atoms with Crippen molar-refractivity contribution < 1.29 is 17.5 Å². The van der Waals surface area contributed by atoms with E-state index in [1.54, 1.807) is 0 Å². The predicted molar refractivity (Wildman–Crippen MR) is 120 cm³/mol. The van der Waals surface area contributed by atoms with Crippen LogP contribution in [-0.4, -0.2) is 58.2 Å². The zero-order chi connectivity index (χ0) is 19.3. The first-order valence-electron chi connectivity index (χ1n) is 9.51. The summed E-state index contributed by atoms with van der Waals surface area (Å²) in [6.07, 6.45) is 2.24. The van der Waals surface area contributed by atoms with E-state index < -0.39 is 9.84 Å². The van der Waals surface area contributed by atoms with Crippen molar-refractivity contribution in [3.8, 4) is 0 Å². The molecule has 0 aromatic heterocycles. The Morgan fingerprint density at radius 2 is 1.96 bits per heavy atom. The fourth-order valence-corrected chi connectivity index (χ4v) is 5.43. The molecule has 9 heteroatoms. The summed E-state index contributed by atoms with van der Waals surface area (Å²) in [5.41, 5.74) is 0.867. The van der Waals surface area contributed by atoms with E-state index in [1.807, 2.05) is 19.1 Å². The second kappa shape index (κ2) is 10.2. The van der Waals surface area contributed by atoms with E-state index in [2.05, 4.69) is 10.6 Å². The number of benzene rings is 1. The topological polar surface area (TPSA) is 79.8 Å². The van der Waals surface area contributed by atoms with Gasteiger partial charge in [-0.2, -0.15) is 0 Å². The monoisotopic (exact) mass is 525 g/mol. The van der Waals surface area contributed by atoms with Gasteiger partial charge in [0.15, 0.2) is 15.8 Å². The number of rotatable bonds is 5. The Hall–Kier alpha value is -0.940. The lowest BCUT2D eigenvalue weighted by Gasteiger charge is -2.36. The van der Waals surface area contributed by atoms with Gasteiger partial charge in [-0.15, -0.1) is 24.0 Å². The summed E-state index contributed by atoms with van der Waals surface area (Å²) in [5.74, 6) is 0.754. The van der Waals surface area contributed by atoms with Gasteiger partial charge in [-0.3, -0.25) is 4.99 Å². The van der Waals surface area contributed by atoms with Gasteiger partial charge in [0, 0.05) is 31.2 Å². The largest absolute Gasteiger partial charge is 0.381 e. The van der Waals surface area contributed by atoms with Crippen LogP contribution in [0.5, 0.6) is 0 Å². The smallest absolute Gasteiger partial charge is 0.191 e. The van der Waals surface area contributed by atoms with Crippen molar-refractivity contribution in [2.45, 2.75) is 37.6 Å². The van der Waals surface area contributed by atoms with E-state index in [0.717, 1.165) is 18.4 Å². The fraction of sp³-hybridized carbons (Fsp3) is 0.632. The molecular weight excluding hydrogens is 496 g/mol. The fourth-order valence-electron chi connectivity index (χ4n) is 3.76. The molecule has 0 radical (unpaired) electrons. The van der Waals surface area contributed by atoms with Crippen LogP contribution in [0.1, 0.15) is 31.7 Å². The molecule has 6 nitrogen and oxygen atoms in total. The van der Waals surface area contributed by atoms with Crippen LogP contribution in [0.3, 0.4) is 0 Å². The lowest BCUT2D eigenvalue weighted by atomic mass is 9.74. The molecule has 28 heavy (non-hydrogen) atoms. The van der Waals surface area contributed by atoms with Crippen molar-refractivity contribution in [2.24, 2.45) is 4.99 Å². The van der Waals surface area contributed by atoms with Crippen LogP contribution in [0.15, 0.2) is 29.3 Å². The highest BCUT2D eigenvalue weighted by atomic mass is 127. The van der Waals surface area contributed by atoms with E-state index >= 15 is 0 Å². The number of hydrogen-bond acceptors (Lipinski definition) is 4. The average molecular weight is 525 g/mol. The number of sulfone groups is 1. The molecule has 0 aliphatic carbocycles. The molecule has 2 aliphatic rings. The lowest BCUT2D eigenvalue weighted by molar-refractivity contribution is 0.0530. The molecule has 1 unspecified atom stereocenters. The quantitative estimate of drug-likeness (QED) is 0.350. The molecule has 1 aromatic rings. The number of aliphatic imine (C=N–C) groups is 1. The van der Waals surface area contributed by atoms with Crippen LogP contribution >= 0.6 is 24.0 Å². The summed E-state index contributed by atoms with van der Waals surface area (Å²) in [6, 6.07) is 6.54. The molecule has 3 rings (SSSR count). The molecule has 2 heterocycles. The number of hydrogen-bond donors (Lipinski definition) is 2. The van der Waals surface area contributed by atoms with Gasteiger partial charge in [0.25, 0.3) is 0 Å². The zero-order valence-corrected chi connectivity index (χ0v) is 19.3. The molecular formula is C19H29FIN3O3S. The Morgan fingerprint density at radius 1 is 1.29 bits per heavy atom. The standard InChI is InChI=1S/C19H28FN3O3S.HI/c1-2-21-18(23-17-7-12-27(24,25)13-17)22-14-19(8-10-26-11-9-19)15-3-5-16(20)6-4-15;/h3-6,17H,2,7-14H2,1H3,(H2,21,22,23);1H. The van der Waals surface area contributed by atoms with Crippen LogP contribution in [-0.2, 0) is 20.0 Å². The Balaban J connectivity index is 0.00000280. The molecule has 1 atom stereocenters. The maximum absolute atomic E-state index is 13.4. The van der Waals surface area contributed by atoms with Crippen molar-refractivity contribution in [2.75, 3.05) is 37.8 Å². The first-order chi connectivity index (χ1) is 12.9. The third-order valence-electron chi connectivity index (χ3n) is 5.36. The summed E-state index contributed by atoms with van der Waals surface area (Å²) in [6.45, 7) is 4.51. The van der Waals surface area contributed by atoms with Gasteiger partial charge >= 0.3 is 0 Å². The summed E-state index contributed by atoms with van der Waals surface area (Å²) >= 11 is 0. The van der Waals surface area contributed by atoms with Crippen molar-refractivity contribution >= 4 is 39.8 Å². The van der Waals surface area contributed by atoms with Crippen LogP contribution < -0.4 is 10.6 Å². The minimum absolute atomic E-state index is 0. The van der Waals surface area contributed by atoms with Crippen molar-refractivity contribution in [1.82, 2.24) is 10.6 Å². The SMILES string of the molecule is CCNC(=NCC1(c2ccc(F)cc2)CCOCC1)NC1CCS(=O)(=O)C1.I. The molecule has 2 saturated heterocycles. The third-order valence-corrected chi connectivity index (χ3v) is 7.13. The van der Waals surface area contributed by atoms with E-state index in [9.17, 15) is 12.8 Å². The molecule has 158 valence electrons. The van der Waals surface area contributed by atoms with Gasteiger partial charge in [-0.05, 0) is 43.9 Å². The van der Waals surface area contributed by atoms with Gasteiger partial charge in [-0.1, -0.05) is 12.1 Å². The van der Waals surface area contributed by atoms with Crippen LogP contribution in [0, 0.1) is 5.82 Å². The predicted octanol–water partition coefficient (Wildman–Crippen LogP) is 2.23. The van der Waals surface area contributed by atoms with Gasteiger partial charge in [0.05, 0.1) is 18.1 Å². The average Bonchev–Trinajstić information content (AvgIpc) is 3.00. The Kier molecular flexibility index (Phi) is 8.50. The van der Waals surface area contributed by atoms with Crippen molar-refractivity contribution in [3.05, 3.63) is 35.6 Å². The Labute approximate surface area is 183 Å². The van der Waals surface area contributed by atoms with Gasteiger partial charge in [0.2, 0.25) is 0 Å². The number of halogens is 2. The molecule has 0 bridgehead atoms. The highest BCUT2D eigenvalue weighted by Crippen LogP contribution is 2.35. The van der Waals surface area contributed by atoms with E-state index in [-0.39, 0.29) is 52.8 Å². The van der Waals surface area contributed by atoms with E-state index in [0.29, 0.717) is 38.7 Å². The summed E-state index contributed by atoms with van der Waals surface area (Å²) < 4.78 is 42.3. The highest BCUT2D eigenvalue weighted by molar-refractivity contribution is 14.0. The maximum Gasteiger partial charge on any atom is 0.191 e. The summed E-state index contributed by atoms with van der Waals surface area (Å²) in [4.78, 5) is 4.77. The van der Waals surface area contributed by atoms with Crippen molar-refractivity contribution in [1.29, 1.82) is 0 Å². The Bertz CT molecular complexity index is 765. The summed E-state index contributed by atoms with van der Waals surface area (Å²) in [5, 5.41) is 6.47. The summed E-state index contributed by atoms with van der Waals surface area (Å²) in [7, 11) is -2.95. The van der Waals surface area contributed by atoms with E-state index in [1.165, 1.54) is 12.1 Å². The molecule has 0 amide bonds.